The van der Waals surface area contributed by atoms with E-state index in [0.717, 1.165) is 16.7 Å². The lowest BCUT2D eigenvalue weighted by Gasteiger charge is -2.05. The minimum atomic E-state index is 0.762. The summed E-state index contributed by atoms with van der Waals surface area (Å²) in [6.45, 7) is 4.52. The summed E-state index contributed by atoms with van der Waals surface area (Å²) in [5, 5.41) is 3.26. The average molecular weight is 258 g/mol. The minimum Gasteiger partial charge on any atom is -0.380 e. The fourth-order valence-electron chi connectivity index (χ4n) is 0.931. The molecule has 0 spiro atoms. The molecule has 0 aliphatic heterocycles. The van der Waals surface area contributed by atoms with Gasteiger partial charge in [0.05, 0.1) is 0 Å². The van der Waals surface area contributed by atoms with Crippen molar-refractivity contribution in [1.82, 2.24) is 0 Å². The highest BCUT2D eigenvalue weighted by Crippen LogP contribution is 2.19. The van der Waals surface area contributed by atoms with Crippen molar-refractivity contribution in [2.75, 3.05) is 18.1 Å². The normalized spacial score (nSPS) is 9.69. The molecule has 0 radical (unpaired) electrons. The van der Waals surface area contributed by atoms with Crippen LogP contribution in [-0.2, 0) is 0 Å². The lowest BCUT2D eigenvalue weighted by Crippen LogP contribution is -1.99. The van der Waals surface area contributed by atoms with Gasteiger partial charge in [-0.1, -0.05) is 28.6 Å². The molecule has 0 saturated heterocycles. The monoisotopic (exact) mass is 257 g/mol. The Kier molecular flexibility index (Phi) is 4.39. The van der Waals surface area contributed by atoms with Crippen LogP contribution in [0.15, 0.2) is 40.2 Å². The summed E-state index contributed by atoms with van der Waals surface area (Å²) in [5.74, 6) is 0. The van der Waals surface area contributed by atoms with E-state index in [1.807, 2.05) is 6.07 Å². The van der Waals surface area contributed by atoms with Crippen molar-refractivity contribution in [3.8, 4) is 0 Å². The van der Waals surface area contributed by atoms with Crippen LogP contribution < -0.4 is 5.32 Å². The van der Waals surface area contributed by atoms with Crippen LogP contribution >= 0.6 is 27.7 Å². The molecule has 0 heterocycles. The summed E-state index contributed by atoms with van der Waals surface area (Å²) in [6, 6.07) is 8.32. The van der Waals surface area contributed by atoms with Crippen molar-refractivity contribution < 1.29 is 0 Å². The smallest absolute Gasteiger partial charge is 0.0460 e. The van der Waals surface area contributed by atoms with Crippen molar-refractivity contribution in [1.29, 1.82) is 0 Å². The summed E-state index contributed by atoms with van der Waals surface area (Å²) in [5.41, 5.74) is 1.13. The van der Waals surface area contributed by atoms with Crippen molar-refractivity contribution in [2.45, 2.75) is 4.90 Å². The molecular formula is C10H12BrNS. The van der Waals surface area contributed by atoms with Gasteiger partial charge in [0.1, 0.15) is 0 Å². The second-order valence-corrected chi connectivity index (χ2v) is 4.60. The first-order chi connectivity index (χ1) is 6.22. The molecule has 0 aliphatic carbocycles. The fraction of sp³-hybridized carbons (Fsp3) is 0.200. The topological polar surface area (TPSA) is 12.0 Å². The number of thioether (sulfide) groups is 1. The van der Waals surface area contributed by atoms with Gasteiger partial charge < -0.3 is 5.32 Å². The van der Waals surface area contributed by atoms with E-state index in [4.69, 9.17) is 0 Å². The van der Waals surface area contributed by atoms with Crippen LogP contribution in [0.1, 0.15) is 0 Å². The number of anilines is 1. The van der Waals surface area contributed by atoms with Crippen molar-refractivity contribution >= 4 is 33.4 Å². The van der Waals surface area contributed by atoms with E-state index >= 15 is 0 Å². The number of hydrogen-bond donors (Lipinski definition) is 1. The number of rotatable bonds is 4. The molecule has 0 aromatic heterocycles. The van der Waals surface area contributed by atoms with Gasteiger partial charge in [0.25, 0.3) is 0 Å². The molecule has 1 aromatic rings. The Labute approximate surface area is 91.7 Å². The van der Waals surface area contributed by atoms with Crippen molar-refractivity contribution in [2.24, 2.45) is 0 Å². The maximum absolute atomic E-state index is 3.76. The highest BCUT2D eigenvalue weighted by molar-refractivity contribution is 9.11. The van der Waals surface area contributed by atoms with Crippen LogP contribution in [0.5, 0.6) is 0 Å². The Morgan fingerprint density at radius 2 is 2.38 bits per heavy atom. The number of benzene rings is 1. The number of hydrogen-bond acceptors (Lipinski definition) is 2. The maximum Gasteiger partial charge on any atom is 0.0460 e. The molecule has 0 saturated carbocycles. The molecule has 1 rings (SSSR count). The van der Waals surface area contributed by atoms with Gasteiger partial charge in [0.2, 0.25) is 0 Å². The number of halogens is 1. The molecule has 0 amide bonds. The summed E-state index contributed by atoms with van der Waals surface area (Å²) in [6.07, 6.45) is 2.07. The summed E-state index contributed by atoms with van der Waals surface area (Å²) in [7, 11) is 0. The van der Waals surface area contributed by atoms with E-state index in [0.29, 0.717) is 0 Å². The Balaban J connectivity index is 2.61. The first kappa shape index (κ1) is 10.7. The SMILES string of the molecule is C=C(Br)CNc1cccc(SC)c1. The molecule has 3 heteroatoms. The zero-order valence-electron chi connectivity index (χ0n) is 7.51. The predicted molar refractivity (Wildman–Crippen MR) is 64.8 cm³/mol. The van der Waals surface area contributed by atoms with Gasteiger partial charge in [-0.15, -0.1) is 11.8 Å². The summed E-state index contributed by atoms with van der Waals surface area (Å²) in [4.78, 5) is 1.27. The van der Waals surface area contributed by atoms with Gasteiger partial charge in [-0.2, -0.15) is 0 Å². The Hall–Kier alpha value is -0.410. The zero-order chi connectivity index (χ0) is 9.68. The maximum atomic E-state index is 3.76. The second-order valence-electron chi connectivity index (χ2n) is 2.60. The third-order valence-electron chi connectivity index (χ3n) is 1.55. The van der Waals surface area contributed by atoms with E-state index in [2.05, 4.69) is 52.3 Å². The van der Waals surface area contributed by atoms with Gasteiger partial charge in [-0.25, -0.2) is 0 Å². The average Bonchev–Trinajstić information content (AvgIpc) is 2.15. The van der Waals surface area contributed by atoms with Crippen molar-refractivity contribution in [3.63, 3.8) is 0 Å². The lowest BCUT2D eigenvalue weighted by atomic mass is 10.3. The molecular weight excluding hydrogens is 246 g/mol. The van der Waals surface area contributed by atoms with E-state index in [9.17, 15) is 0 Å². The molecule has 70 valence electrons. The largest absolute Gasteiger partial charge is 0.380 e. The molecule has 0 unspecified atom stereocenters. The quantitative estimate of drug-likeness (QED) is 0.826. The van der Waals surface area contributed by atoms with Crippen LogP contribution in [0.4, 0.5) is 5.69 Å². The molecule has 1 N–H and O–H groups in total. The third kappa shape index (κ3) is 3.87. The Bertz CT molecular complexity index is 299. The van der Waals surface area contributed by atoms with E-state index in [1.165, 1.54) is 4.90 Å². The van der Waals surface area contributed by atoms with Crippen molar-refractivity contribution in [3.05, 3.63) is 35.3 Å². The van der Waals surface area contributed by atoms with Gasteiger partial charge in [0, 0.05) is 21.6 Å². The first-order valence-electron chi connectivity index (χ1n) is 3.93. The molecule has 0 fully saturated rings. The fourth-order valence-corrected chi connectivity index (χ4v) is 1.53. The van der Waals surface area contributed by atoms with E-state index < -0.39 is 0 Å². The van der Waals surface area contributed by atoms with Gasteiger partial charge in [-0.05, 0) is 24.5 Å². The van der Waals surface area contributed by atoms with Crippen LogP contribution in [-0.4, -0.2) is 12.8 Å². The summed E-state index contributed by atoms with van der Waals surface area (Å²) < 4.78 is 0.960. The highest BCUT2D eigenvalue weighted by atomic mass is 79.9. The highest BCUT2D eigenvalue weighted by Gasteiger charge is 1.93. The van der Waals surface area contributed by atoms with Crippen LogP contribution in [0, 0.1) is 0 Å². The molecule has 1 aromatic carbocycles. The molecule has 1 nitrogen and oxygen atoms in total. The second kappa shape index (κ2) is 5.35. The predicted octanol–water partition coefficient (Wildman–Crippen LogP) is 3.73. The van der Waals surface area contributed by atoms with Gasteiger partial charge in [0.15, 0.2) is 0 Å². The molecule has 0 bridgehead atoms. The zero-order valence-corrected chi connectivity index (χ0v) is 9.91. The summed E-state index contributed by atoms with van der Waals surface area (Å²) >= 11 is 5.05. The first-order valence-corrected chi connectivity index (χ1v) is 5.95. The van der Waals surface area contributed by atoms with Gasteiger partial charge in [-0.3, -0.25) is 0 Å². The number of nitrogens with one attached hydrogen (secondary N) is 1. The standard InChI is InChI=1S/C10H12BrNS/c1-8(11)7-12-9-4-3-5-10(6-9)13-2/h3-6,12H,1,7H2,2H3. The van der Waals surface area contributed by atoms with E-state index in [1.54, 1.807) is 11.8 Å². The third-order valence-corrected chi connectivity index (χ3v) is 2.56. The lowest BCUT2D eigenvalue weighted by molar-refractivity contribution is 1.31. The van der Waals surface area contributed by atoms with Crippen LogP contribution in [0.3, 0.4) is 0 Å². The Morgan fingerprint density at radius 1 is 1.62 bits per heavy atom. The van der Waals surface area contributed by atoms with Crippen LogP contribution in [0.2, 0.25) is 0 Å². The molecule has 0 aliphatic rings. The molecule has 13 heavy (non-hydrogen) atoms. The van der Waals surface area contributed by atoms with E-state index in [-0.39, 0.29) is 0 Å². The van der Waals surface area contributed by atoms with Gasteiger partial charge >= 0.3 is 0 Å². The Morgan fingerprint density at radius 3 is 3.00 bits per heavy atom. The minimum absolute atomic E-state index is 0.762. The molecule has 0 atom stereocenters. The van der Waals surface area contributed by atoms with Crippen LogP contribution in [0.25, 0.3) is 0 Å².